The van der Waals surface area contributed by atoms with Crippen LogP contribution in [0.5, 0.6) is 5.75 Å². The van der Waals surface area contributed by atoms with Gasteiger partial charge in [0.25, 0.3) is 0 Å². The maximum atomic E-state index is 12.8. The molecule has 1 aliphatic carbocycles. The van der Waals surface area contributed by atoms with E-state index in [4.69, 9.17) is 4.74 Å². The fourth-order valence-electron chi connectivity index (χ4n) is 3.80. The van der Waals surface area contributed by atoms with E-state index < -0.39 is 6.10 Å². The fraction of sp³-hybridized carbons (Fsp3) is 0.125. The first-order chi connectivity index (χ1) is 14.6. The van der Waals surface area contributed by atoms with Crippen LogP contribution in [0.2, 0.25) is 0 Å². The molecule has 148 valence electrons. The monoisotopic (exact) mass is 398 g/mol. The minimum Gasteiger partial charge on any atom is -0.491 e. The Balaban J connectivity index is 1.32. The second-order valence-corrected chi connectivity index (χ2v) is 7.26. The van der Waals surface area contributed by atoms with Gasteiger partial charge >= 0.3 is 0 Å². The van der Waals surface area contributed by atoms with Crippen molar-refractivity contribution in [3.05, 3.63) is 95.3 Å². The number of para-hydroxylation sites is 2. The topological polar surface area (TPSA) is 81.4 Å². The van der Waals surface area contributed by atoms with Gasteiger partial charge in [-0.15, -0.1) is 0 Å². The molecular formula is C24H18N2O4. The average Bonchev–Trinajstić information content (AvgIpc) is 3.19. The van der Waals surface area contributed by atoms with Crippen molar-refractivity contribution in [1.82, 2.24) is 9.55 Å². The molecule has 0 aliphatic heterocycles. The van der Waals surface area contributed by atoms with E-state index in [0.29, 0.717) is 34.5 Å². The largest absolute Gasteiger partial charge is 0.491 e. The molecule has 1 aromatic heterocycles. The van der Waals surface area contributed by atoms with Crippen LogP contribution in [0.4, 0.5) is 0 Å². The number of hydrogen-bond acceptors (Lipinski definition) is 5. The summed E-state index contributed by atoms with van der Waals surface area (Å²) in [6.45, 7) is 0.375. The Hall–Kier alpha value is -3.77. The predicted octanol–water partition coefficient (Wildman–Crippen LogP) is 3.25. The smallest absolute Gasteiger partial charge is 0.194 e. The number of hydrogen-bond donors (Lipinski definition) is 1. The highest BCUT2D eigenvalue weighted by molar-refractivity contribution is 6.28. The third-order valence-corrected chi connectivity index (χ3v) is 5.27. The number of ether oxygens (including phenoxy) is 1. The molecule has 1 atom stereocenters. The Kier molecular flexibility index (Phi) is 4.41. The first-order valence-electron chi connectivity index (χ1n) is 9.65. The minimum atomic E-state index is -0.767. The zero-order valence-electron chi connectivity index (χ0n) is 16.0. The molecule has 0 fully saturated rings. The Labute approximate surface area is 172 Å². The Morgan fingerprint density at radius 1 is 0.867 bits per heavy atom. The molecule has 1 heterocycles. The van der Waals surface area contributed by atoms with E-state index in [9.17, 15) is 14.7 Å². The van der Waals surface area contributed by atoms with E-state index in [2.05, 4.69) is 4.98 Å². The molecule has 0 saturated carbocycles. The van der Waals surface area contributed by atoms with Crippen LogP contribution in [0.3, 0.4) is 0 Å². The third kappa shape index (κ3) is 3.07. The summed E-state index contributed by atoms with van der Waals surface area (Å²) in [7, 11) is 0. The summed E-state index contributed by atoms with van der Waals surface area (Å²) in [5, 5.41) is 10.4. The van der Waals surface area contributed by atoms with Crippen molar-refractivity contribution in [2.24, 2.45) is 0 Å². The number of nitrogens with zero attached hydrogens (tertiary/aromatic N) is 2. The molecule has 1 N–H and O–H groups in total. The van der Waals surface area contributed by atoms with Gasteiger partial charge in [-0.1, -0.05) is 36.4 Å². The summed E-state index contributed by atoms with van der Waals surface area (Å²) in [6.07, 6.45) is 0.922. The van der Waals surface area contributed by atoms with Crippen molar-refractivity contribution < 1.29 is 19.4 Å². The highest BCUT2D eigenvalue weighted by Gasteiger charge is 2.29. The molecular weight excluding hydrogens is 380 g/mol. The number of aliphatic hydroxyl groups is 1. The SMILES string of the molecule is O=C1c2ccccc2C(=O)c2cc(OC[C@H](O)Cn3cnc4ccccc43)ccc21. The van der Waals surface area contributed by atoms with Crippen molar-refractivity contribution >= 4 is 22.6 Å². The van der Waals surface area contributed by atoms with Crippen molar-refractivity contribution in [3.8, 4) is 5.75 Å². The quantitative estimate of drug-likeness (QED) is 0.492. The van der Waals surface area contributed by atoms with E-state index in [1.807, 2.05) is 28.8 Å². The number of aromatic nitrogens is 2. The Morgan fingerprint density at radius 3 is 2.33 bits per heavy atom. The standard InChI is InChI=1S/C24H18N2O4/c27-15(12-26-14-25-21-7-3-4-8-22(21)26)13-30-16-9-10-19-20(11-16)24(29)18-6-2-1-5-17(18)23(19)28/h1-11,14-15,27H,12-13H2/t15-/m1/s1. The lowest BCUT2D eigenvalue weighted by molar-refractivity contribution is 0.0929. The number of aliphatic hydroxyl groups excluding tert-OH is 1. The van der Waals surface area contributed by atoms with Gasteiger partial charge in [0.2, 0.25) is 0 Å². The Bertz CT molecular complexity index is 1290. The van der Waals surface area contributed by atoms with Gasteiger partial charge in [0.15, 0.2) is 11.6 Å². The van der Waals surface area contributed by atoms with Crippen LogP contribution in [0.1, 0.15) is 31.8 Å². The number of carbonyl (C=O) groups is 2. The van der Waals surface area contributed by atoms with Crippen LogP contribution < -0.4 is 4.74 Å². The molecule has 0 spiro atoms. The molecule has 0 bridgehead atoms. The maximum absolute atomic E-state index is 12.8. The molecule has 0 radical (unpaired) electrons. The first kappa shape index (κ1) is 18.3. The van der Waals surface area contributed by atoms with Crippen molar-refractivity contribution in [3.63, 3.8) is 0 Å². The summed E-state index contributed by atoms with van der Waals surface area (Å²) >= 11 is 0. The van der Waals surface area contributed by atoms with Crippen LogP contribution >= 0.6 is 0 Å². The lowest BCUT2D eigenvalue weighted by atomic mass is 9.84. The molecule has 0 amide bonds. The molecule has 30 heavy (non-hydrogen) atoms. The molecule has 0 saturated heterocycles. The van der Waals surface area contributed by atoms with Gasteiger partial charge in [0.05, 0.1) is 23.9 Å². The van der Waals surface area contributed by atoms with Crippen molar-refractivity contribution in [1.29, 1.82) is 0 Å². The molecule has 6 heteroatoms. The summed E-state index contributed by atoms with van der Waals surface area (Å²) in [6, 6.07) is 19.3. The first-order valence-corrected chi connectivity index (χ1v) is 9.65. The maximum Gasteiger partial charge on any atom is 0.194 e. The second-order valence-electron chi connectivity index (χ2n) is 7.26. The van der Waals surface area contributed by atoms with Gasteiger partial charge in [-0.3, -0.25) is 9.59 Å². The van der Waals surface area contributed by atoms with Crippen LogP contribution in [0, 0.1) is 0 Å². The van der Waals surface area contributed by atoms with E-state index in [1.165, 1.54) is 0 Å². The third-order valence-electron chi connectivity index (χ3n) is 5.27. The van der Waals surface area contributed by atoms with E-state index in [1.54, 1.807) is 48.8 Å². The van der Waals surface area contributed by atoms with Crippen LogP contribution in [-0.4, -0.2) is 38.9 Å². The number of benzene rings is 3. The number of carbonyl (C=O) groups excluding carboxylic acids is 2. The average molecular weight is 398 g/mol. The van der Waals surface area contributed by atoms with E-state index in [-0.39, 0.29) is 18.2 Å². The van der Waals surface area contributed by atoms with E-state index in [0.717, 1.165) is 11.0 Å². The normalized spacial score (nSPS) is 13.8. The van der Waals surface area contributed by atoms with E-state index >= 15 is 0 Å². The van der Waals surface area contributed by atoms with Gasteiger partial charge in [0, 0.05) is 22.3 Å². The highest BCUT2D eigenvalue weighted by atomic mass is 16.5. The van der Waals surface area contributed by atoms with Gasteiger partial charge in [0.1, 0.15) is 18.5 Å². The molecule has 0 unspecified atom stereocenters. The number of rotatable bonds is 5. The van der Waals surface area contributed by atoms with Gasteiger partial charge in [-0.25, -0.2) is 4.98 Å². The summed E-state index contributed by atoms with van der Waals surface area (Å²) in [5.74, 6) is 0.0682. The number of fused-ring (bicyclic) bond motifs is 3. The van der Waals surface area contributed by atoms with Crippen LogP contribution in [0.15, 0.2) is 73.1 Å². The lowest BCUT2D eigenvalue weighted by Gasteiger charge is -2.19. The minimum absolute atomic E-state index is 0.0457. The summed E-state index contributed by atoms with van der Waals surface area (Å²) in [4.78, 5) is 29.8. The zero-order valence-corrected chi connectivity index (χ0v) is 16.0. The van der Waals surface area contributed by atoms with Crippen molar-refractivity contribution in [2.45, 2.75) is 12.6 Å². The van der Waals surface area contributed by atoms with Gasteiger partial charge < -0.3 is 14.4 Å². The molecule has 1 aliphatic rings. The second kappa shape index (κ2) is 7.24. The predicted molar refractivity (Wildman–Crippen MR) is 111 cm³/mol. The van der Waals surface area contributed by atoms with Gasteiger partial charge in [-0.2, -0.15) is 0 Å². The zero-order chi connectivity index (χ0) is 20.7. The fourth-order valence-corrected chi connectivity index (χ4v) is 3.80. The number of ketones is 2. The molecule has 6 nitrogen and oxygen atoms in total. The summed E-state index contributed by atoms with van der Waals surface area (Å²) < 4.78 is 7.59. The Morgan fingerprint density at radius 2 is 1.53 bits per heavy atom. The summed E-state index contributed by atoms with van der Waals surface area (Å²) in [5.41, 5.74) is 3.32. The van der Waals surface area contributed by atoms with Crippen LogP contribution in [0.25, 0.3) is 11.0 Å². The molecule has 4 aromatic rings. The van der Waals surface area contributed by atoms with Gasteiger partial charge in [-0.05, 0) is 30.3 Å². The number of imidazole rings is 1. The lowest BCUT2D eigenvalue weighted by Crippen LogP contribution is -2.24. The van der Waals surface area contributed by atoms with Crippen LogP contribution in [-0.2, 0) is 6.54 Å². The molecule has 5 rings (SSSR count). The van der Waals surface area contributed by atoms with Crippen molar-refractivity contribution in [2.75, 3.05) is 6.61 Å². The molecule has 3 aromatic carbocycles. The highest BCUT2D eigenvalue weighted by Crippen LogP contribution is 2.29.